The second kappa shape index (κ2) is 10.0. The summed E-state index contributed by atoms with van der Waals surface area (Å²) in [6.45, 7) is 8.58. The Balaban J connectivity index is 1.36. The van der Waals surface area contributed by atoms with Crippen LogP contribution in [0.1, 0.15) is 31.4 Å². The molecule has 26 heavy (non-hydrogen) atoms. The van der Waals surface area contributed by atoms with Gasteiger partial charge in [-0.05, 0) is 31.4 Å². The Morgan fingerprint density at radius 1 is 1.27 bits per heavy atom. The molecule has 0 saturated carbocycles. The van der Waals surface area contributed by atoms with Crippen molar-refractivity contribution in [3.63, 3.8) is 0 Å². The monoisotopic (exact) mass is 382 g/mol. The van der Waals surface area contributed by atoms with Gasteiger partial charge in [-0.15, -0.1) is 0 Å². The number of hydrogen-bond acceptors (Lipinski definition) is 5. The molecule has 0 aromatic heterocycles. The van der Waals surface area contributed by atoms with E-state index in [0.717, 1.165) is 50.7 Å². The summed E-state index contributed by atoms with van der Waals surface area (Å²) in [7, 11) is 0. The molecule has 1 aromatic carbocycles. The predicted octanol–water partition coefficient (Wildman–Crippen LogP) is 2.58. The molecule has 2 heterocycles. The summed E-state index contributed by atoms with van der Waals surface area (Å²) < 4.78 is 11.2. The van der Waals surface area contributed by atoms with Crippen LogP contribution in [0.3, 0.4) is 0 Å². The van der Waals surface area contributed by atoms with Crippen molar-refractivity contribution >= 4 is 11.6 Å². The maximum atomic E-state index is 10.2. The first-order chi connectivity index (χ1) is 12.6. The minimum atomic E-state index is -0.441. The van der Waals surface area contributed by atoms with Crippen LogP contribution in [0.25, 0.3) is 0 Å². The van der Waals surface area contributed by atoms with Gasteiger partial charge in [0, 0.05) is 50.4 Å². The standard InChI is InChI=1S/C20H31ClN2O3/c1-16(19-6-2-3-7-20(19)21)23-10-8-22(9-11-23)13-17(24)14-25-15-18-5-4-12-26-18/h2-3,6-7,16-18,24H,4-5,8-15H2,1H3. The summed E-state index contributed by atoms with van der Waals surface area (Å²) in [5, 5.41) is 11.1. The summed E-state index contributed by atoms with van der Waals surface area (Å²) in [6.07, 6.45) is 1.97. The second-order valence-electron chi connectivity index (χ2n) is 7.36. The molecular weight excluding hydrogens is 352 g/mol. The van der Waals surface area contributed by atoms with Crippen LogP contribution in [0.15, 0.2) is 24.3 Å². The lowest BCUT2D eigenvalue weighted by Crippen LogP contribution is -2.49. The minimum absolute atomic E-state index is 0.219. The number of aliphatic hydroxyl groups is 1. The van der Waals surface area contributed by atoms with Gasteiger partial charge in [-0.2, -0.15) is 0 Å². The number of nitrogens with zero attached hydrogens (tertiary/aromatic N) is 2. The first-order valence-electron chi connectivity index (χ1n) is 9.71. The van der Waals surface area contributed by atoms with E-state index in [1.807, 2.05) is 18.2 Å². The van der Waals surface area contributed by atoms with Gasteiger partial charge in [0.05, 0.1) is 25.4 Å². The Labute approximate surface area is 161 Å². The SMILES string of the molecule is CC(c1ccccc1Cl)N1CCN(CC(O)COCC2CCCO2)CC1. The molecule has 5 nitrogen and oxygen atoms in total. The van der Waals surface area contributed by atoms with Crippen LogP contribution in [0.5, 0.6) is 0 Å². The summed E-state index contributed by atoms with van der Waals surface area (Å²) in [5.74, 6) is 0. The minimum Gasteiger partial charge on any atom is -0.389 e. The molecule has 2 aliphatic rings. The Kier molecular flexibility index (Phi) is 7.73. The lowest BCUT2D eigenvalue weighted by Gasteiger charge is -2.39. The van der Waals surface area contributed by atoms with Gasteiger partial charge in [-0.1, -0.05) is 29.8 Å². The van der Waals surface area contributed by atoms with Crippen molar-refractivity contribution < 1.29 is 14.6 Å². The molecule has 2 saturated heterocycles. The molecule has 2 fully saturated rings. The first kappa shape index (κ1) is 20.1. The molecule has 6 heteroatoms. The molecule has 3 unspecified atom stereocenters. The highest BCUT2D eigenvalue weighted by Crippen LogP contribution is 2.27. The quantitative estimate of drug-likeness (QED) is 0.748. The van der Waals surface area contributed by atoms with Crippen molar-refractivity contribution in [2.45, 2.75) is 38.0 Å². The van der Waals surface area contributed by atoms with E-state index in [1.165, 1.54) is 5.56 Å². The number of halogens is 1. The van der Waals surface area contributed by atoms with Crippen LogP contribution in [-0.4, -0.2) is 79.7 Å². The Hall–Kier alpha value is -0.690. The van der Waals surface area contributed by atoms with Gasteiger partial charge >= 0.3 is 0 Å². The average molecular weight is 383 g/mol. The van der Waals surface area contributed by atoms with Crippen molar-refractivity contribution in [3.05, 3.63) is 34.9 Å². The van der Waals surface area contributed by atoms with Gasteiger partial charge in [-0.3, -0.25) is 9.80 Å². The van der Waals surface area contributed by atoms with Crippen molar-refractivity contribution in [1.82, 2.24) is 9.80 Å². The Morgan fingerprint density at radius 2 is 2.04 bits per heavy atom. The van der Waals surface area contributed by atoms with Crippen molar-refractivity contribution in [2.24, 2.45) is 0 Å². The number of aliphatic hydroxyl groups excluding tert-OH is 1. The fraction of sp³-hybridized carbons (Fsp3) is 0.700. The number of benzene rings is 1. The smallest absolute Gasteiger partial charge is 0.0900 e. The van der Waals surface area contributed by atoms with Crippen LogP contribution in [0, 0.1) is 0 Å². The molecule has 1 N–H and O–H groups in total. The summed E-state index contributed by atoms with van der Waals surface area (Å²) in [6, 6.07) is 8.38. The van der Waals surface area contributed by atoms with Gasteiger partial charge in [0.25, 0.3) is 0 Å². The van der Waals surface area contributed by atoms with Crippen molar-refractivity contribution in [1.29, 1.82) is 0 Å². The van der Waals surface area contributed by atoms with Crippen LogP contribution in [0.4, 0.5) is 0 Å². The molecule has 1 aromatic rings. The molecule has 0 radical (unpaired) electrons. The zero-order chi connectivity index (χ0) is 18.4. The van der Waals surface area contributed by atoms with E-state index in [1.54, 1.807) is 0 Å². The fourth-order valence-corrected chi connectivity index (χ4v) is 4.10. The van der Waals surface area contributed by atoms with Gasteiger partial charge in [0.1, 0.15) is 0 Å². The van der Waals surface area contributed by atoms with Crippen LogP contribution < -0.4 is 0 Å². The number of ether oxygens (including phenoxy) is 2. The lowest BCUT2D eigenvalue weighted by atomic mass is 10.1. The molecule has 2 aliphatic heterocycles. The largest absolute Gasteiger partial charge is 0.389 e. The van der Waals surface area contributed by atoms with Gasteiger partial charge in [0.15, 0.2) is 0 Å². The van der Waals surface area contributed by atoms with E-state index >= 15 is 0 Å². The van der Waals surface area contributed by atoms with E-state index in [9.17, 15) is 5.11 Å². The third kappa shape index (κ3) is 5.65. The normalized spacial score (nSPS) is 24.7. The van der Waals surface area contributed by atoms with Gasteiger partial charge in [0.2, 0.25) is 0 Å². The highest BCUT2D eigenvalue weighted by Gasteiger charge is 2.24. The number of rotatable bonds is 8. The highest BCUT2D eigenvalue weighted by molar-refractivity contribution is 6.31. The maximum Gasteiger partial charge on any atom is 0.0900 e. The van der Waals surface area contributed by atoms with Crippen LogP contribution in [-0.2, 0) is 9.47 Å². The van der Waals surface area contributed by atoms with E-state index < -0.39 is 6.10 Å². The molecule has 0 amide bonds. The molecule has 0 bridgehead atoms. The third-order valence-corrected chi connectivity index (χ3v) is 5.76. The average Bonchev–Trinajstić information content (AvgIpc) is 3.16. The second-order valence-corrected chi connectivity index (χ2v) is 7.77. The molecule has 3 atom stereocenters. The molecule has 3 rings (SSSR count). The Bertz CT molecular complexity index is 546. The summed E-state index contributed by atoms with van der Waals surface area (Å²) >= 11 is 6.34. The molecular formula is C20H31ClN2O3. The van der Waals surface area contributed by atoms with Crippen molar-refractivity contribution in [3.8, 4) is 0 Å². The first-order valence-corrected chi connectivity index (χ1v) is 10.1. The summed E-state index contributed by atoms with van der Waals surface area (Å²) in [5.41, 5.74) is 1.19. The van der Waals surface area contributed by atoms with Crippen molar-refractivity contribution in [2.75, 3.05) is 52.5 Å². The Morgan fingerprint density at radius 3 is 2.73 bits per heavy atom. The maximum absolute atomic E-state index is 10.2. The number of hydrogen-bond donors (Lipinski definition) is 1. The molecule has 0 aliphatic carbocycles. The number of β-amino-alcohol motifs (C(OH)–C–C–N with tert-alkyl or cyclic N) is 1. The van der Waals surface area contributed by atoms with E-state index in [-0.39, 0.29) is 6.10 Å². The van der Waals surface area contributed by atoms with Gasteiger partial charge < -0.3 is 14.6 Å². The predicted molar refractivity (Wildman–Crippen MR) is 104 cm³/mol. The molecule has 0 spiro atoms. The summed E-state index contributed by atoms with van der Waals surface area (Å²) in [4.78, 5) is 4.77. The lowest BCUT2D eigenvalue weighted by molar-refractivity contribution is -0.0296. The third-order valence-electron chi connectivity index (χ3n) is 5.42. The highest BCUT2D eigenvalue weighted by atomic mass is 35.5. The van der Waals surface area contributed by atoms with E-state index in [2.05, 4.69) is 22.8 Å². The topological polar surface area (TPSA) is 45.2 Å². The zero-order valence-electron chi connectivity index (χ0n) is 15.6. The van der Waals surface area contributed by atoms with Crippen LogP contribution in [0.2, 0.25) is 5.02 Å². The number of piperazine rings is 1. The van der Waals surface area contributed by atoms with E-state index in [0.29, 0.717) is 25.8 Å². The fourth-order valence-electron chi connectivity index (χ4n) is 3.81. The van der Waals surface area contributed by atoms with Crippen LogP contribution >= 0.6 is 11.6 Å². The zero-order valence-corrected chi connectivity index (χ0v) is 16.4. The van der Waals surface area contributed by atoms with E-state index in [4.69, 9.17) is 21.1 Å². The molecule has 146 valence electrons. The van der Waals surface area contributed by atoms with Gasteiger partial charge in [-0.25, -0.2) is 0 Å².